The molecule has 1 fully saturated rings. The van der Waals surface area contributed by atoms with Crippen LogP contribution in [0.3, 0.4) is 0 Å². The van der Waals surface area contributed by atoms with Crippen LogP contribution in [0.15, 0.2) is 0 Å². The summed E-state index contributed by atoms with van der Waals surface area (Å²) in [5.41, 5.74) is 0.0824. The second-order valence-corrected chi connectivity index (χ2v) is 4.80. The molecule has 0 saturated carbocycles. The lowest BCUT2D eigenvalue weighted by Gasteiger charge is -2.40. The molecule has 0 aliphatic carbocycles. The lowest BCUT2D eigenvalue weighted by molar-refractivity contribution is -0.149. The van der Waals surface area contributed by atoms with Crippen molar-refractivity contribution >= 4 is 5.97 Å². The number of piperidine rings is 1. The van der Waals surface area contributed by atoms with Crippen molar-refractivity contribution in [3.63, 3.8) is 0 Å². The first kappa shape index (κ1) is 11.5. The lowest BCUT2D eigenvalue weighted by Crippen LogP contribution is -2.54. The molecule has 2 atom stereocenters. The number of rotatable bonds is 2. The zero-order chi connectivity index (χ0) is 10.8. The molecule has 0 aromatic carbocycles. The van der Waals surface area contributed by atoms with Gasteiger partial charge in [0.15, 0.2) is 0 Å². The van der Waals surface area contributed by atoms with E-state index in [4.69, 9.17) is 4.74 Å². The van der Waals surface area contributed by atoms with Gasteiger partial charge in [-0.05, 0) is 26.7 Å². The molecular formula is C11H21NO2. The molecule has 82 valence electrons. The molecule has 0 aromatic heterocycles. The Morgan fingerprint density at radius 3 is 2.71 bits per heavy atom. The first-order valence-corrected chi connectivity index (χ1v) is 5.38. The van der Waals surface area contributed by atoms with Crippen molar-refractivity contribution in [2.24, 2.45) is 0 Å². The van der Waals surface area contributed by atoms with Gasteiger partial charge in [0.2, 0.25) is 0 Å². The van der Waals surface area contributed by atoms with E-state index in [1.165, 1.54) is 6.92 Å². The first-order chi connectivity index (χ1) is 6.43. The van der Waals surface area contributed by atoms with E-state index in [0.717, 1.165) is 19.3 Å². The average Bonchev–Trinajstić information content (AvgIpc) is 1.99. The molecule has 3 nitrogen and oxygen atoms in total. The minimum atomic E-state index is -0.164. The van der Waals surface area contributed by atoms with Gasteiger partial charge in [-0.3, -0.25) is 4.79 Å². The predicted octanol–water partition coefficient (Wildman–Crippen LogP) is 1.86. The summed E-state index contributed by atoms with van der Waals surface area (Å²) in [6.45, 7) is 7.95. The van der Waals surface area contributed by atoms with Gasteiger partial charge in [-0.2, -0.15) is 0 Å². The summed E-state index contributed by atoms with van der Waals surface area (Å²) >= 11 is 0. The molecule has 0 aromatic rings. The fourth-order valence-corrected chi connectivity index (χ4v) is 2.23. The Hall–Kier alpha value is -0.570. The largest absolute Gasteiger partial charge is 0.462 e. The Balaban J connectivity index is 2.56. The van der Waals surface area contributed by atoms with Crippen LogP contribution in [0.2, 0.25) is 0 Å². The molecule has 3 heteroatoms. The molecule has 1 aliphatic heterocycles. The van der Waals surface area contributed by atoms with Crippen LogP contribution in [-0.2, 0) is 9.53 Å². The Kier molecular flexibility index (Phi) is 3.53. The highest BCUT2D eigenvalue weighted by molar-refractivity contribution is 5.66. The van der Waals surface area contributed by atoms with Crippen molar-refractivity contribution in [2.75, 3.05) is 0 Å². The minimum Gasteiger partial charge on any atom is -0.462 e. The maximum absolute atomic E-state index is 10.9. The minimum absolute atomic E-state index is 0.0824. The van der Waals surface area contributed by atoms with Crippen LogP contribution in [-0.4, -0.2) is 23.7 Å². The van der Waals surface area contributed by atoms with Gasteiger partial charge in [0.25, 0.3) is 0 Å². The summed E-state index contributed by atoms with van der Waals surface area (Å²) in [6, 6.07) is 0.475. The smallest absolute Gasteiger partial charge is 0.302 e. The quantitative estimate of drug-likeness (QED) is 0.690. The van der Waals surface area contributed by atoms with E-state index in [0.29, 0.717) is 6.04 Å². The van der Waals surface area contributed by atoms with E-state index in [-0.39, 0.29) is 17.6 Å². The summed E-state index contributed by atoms with van der Waals surface area (Å²) in [4.78, 5) is 10.9. The van der Waals surface area contributed by atoms with Crippen LogP contribution < -0.4 is 5.32 Å². The number of hydrogen-bond donors (Lipinski definition) is 1. The zero-order valence-corrected chi connectivity index (χ0v) is 9.59. The maximum atomic E-state index is 10.9. The molecule has 0 bridgehead atoms. The standard InChI is InChI=1S/C11H21NO2/c1-5-9-6-10(14-8(2)13)7-11(3,4)12-9/h9-10,12H,5-7H2,1-4H3. The van der Waals surface area contributed by atoms with Crippen LogP contribution in [0.1, 0.15) is 47.0 Å². The van der Waals surface area contributed by atoms with E-state index in [9.17, 15) is 4.79 Å². The molecule has 0 spiro atoms. The second kappa shape index (κ2) is 4.30. The monoisotopic (exact) mass is 199 g/mol. The van der Waals surface area contributed by atoms with Crippen LogP contribution in [0, 0.1) is 0 Å². The van der Waals surface area contributed by atoms with Gasteiger partial charge in [-0.1, -0.05) is 6.92 Å². The fourth-order valence-electron chi connectivity index (χ4n) is 2.23. The van der Waals surface area contributed by atoms with Gasteiger partial charge in [0.05, 0.1) is 0 Å². The normalized spacial score (nSPS) is 31.1. The third-order valence-electron chi connectivity index (χ3n) is 2.71. The Bertz CT molecular complexity index is 213. The van der Waals surface area contributed by atoms with E-state index in [1.807, 2.05) is 0 Å². The van der Waals surface area contributed by atoms with E-state index in [1.54, 1.807) is 0 Å². The van der Waals surface area contributed by atoms with E-state index in [2.05, 4.69) is 26.1 Å². The van der Waals surface area contributed by atoms with E-state index >= 15 is 0 Å². The van der Waals surface area contributed by atoms with Crippen molar-refractivity contribution in [3.05, 3.63) is 0 Å². The molecule has 1 heterocycles. The van der Waals surface area contributed by atoms with Gasteiger partial charge in [0, 0.05) is 24.9 Å². The zero-order valence-electron chi connectivity index (χ0n) is 9.59. The molecular weight excluding hydrogens is 178 g/mol. The molecule has 2 unspecified atom stereocenters. The Morgan fingerprint density at radius 2 is 2.21 bits per heavy atom. The van der Waals surface area contributed by atoms with Crippen molar-refractivity contribution in [1.82, 2.24) is 5.32 Å². The number of nitrogens with one attached hydrogen (secondary N) is 1. The number of carbonyl (C=O) groups is 1. The fraction of sp³-hybridized carbons (Fsp3) is 0.909. The van der Waals surface area contributed by atoms with Crippen molar-refractivity contribution in [3.8, 4) is 0 Å². The molecule has 1 saturated heterocycles. The third kappa shape index (κ3) is 3.29. The summed E-state index contributed by atoms with van der Waals surface area (Å²) in [5.74, 6) is -0.164. The molecule has 1 rings (SSSR count). The van der Waals surface area contributed by atoms with Crippen LogP contribution in [0.4, 0.5) is 0 Å². The second-order valence-electron chi connectivity index (χ2n) is 4.80. The number of ether oxygens (including phenoxy) is 1. The highest BCUT2D eigenvalue weighted by Gasteiger charge is 2.33. The van der Waals surface area contributed by atoms with Gasteiger partial charge in [0.1, 0.15) is 6.10 Å². The van der Waals surface area contributed by atoms with Crippen LogP contribution in [0.25, 0.3) is 0 Å². The highest BCUT2D eigenvalue weighted by atomic mass is 16.5. The highest BCUT2D eigenvalue weighted by Crippen LogP contribution is 2.25. The predicted molar refractivity (Wildman–Crippen MR) is 56.1 cm³/mol. The number of esters is 1. The third-order valence-corrected chi connectivity index (χ3v) is 2.71. The van der Waals surface area contributed by atoms with Gasteiger partial charge >= 0.3 is 5.97 Å². The Labute approximate surface area is 86.2 Å². The number of hydrogen-bond acceptors (Lipinski definition) is 3. The maximum Gasteiger partial charge on any atom is 0.302 e. The molecule has 1 aliphatic rings. The average molecular weight is 199 g/mol. The van der Waals surface area contributed by atoms with Crippen LogP contribution >= 0.6 is 0 Å². The number of carbonyl (C=O) groups excluding carboxylic acids is 1. The molecule has 1 N–H and O–H groups in total. The van der Waals surface area contributed by atoms with Gasteiger partial charge in [-0.25, -0.2) is 0 Å². The van der Waals surface area contributed by atoms with Gasteiger partial charge < -0.3 is 10.1 Å². The first-order valence-electron chi connectivity index (χ1n) is 5.38. The molecule has 14 heavy (non-hydrogen) atoms. The summed E-state index contributed by atoms with van der Waals surface area (Å²) < 4.78 is 5.28. The lowest BCUT2D eigenvalue weighted by atomic mass is 9.86. The SMILES string of the molecule is CCC1CC(OC(C)=O)CC(C)(C)N1. The molecule has 0 radical (unpaired) electrons. The Morgan fingerprint density at radius 1 is 1.57 bits per heavy atom. The summed E-state index contributed by atoms with van der Waals surface area (Å²) in [7, 11) is 0. The van der Waals surface area contributed by atoms with E-state index < -0.39 is 0 Å². The van der Waals surface area contributed by atoms with Crippen molar-refractivity contribution in [2.45, 2.75) is 64.6 Å². The molecule has 0 amide bonds. The van der Waals surface area contributed by atoms with Crippen LogP contribution in [0.5, 0.6) is 0 Å². The van der Waals surface area contributed by atoms with Gasteiger partial charge in [-0.15, -0.1) is 0 Å². The summed E-state index contributed by atoms with van der Waals surface area (Å²) in [6.07, 6.45) is 3.03. The summed E-state index contributed by atoms with van der Waals surface area (Å²) in [5, 5.41) is 3.55. The van der Waals surface area contributed by atoms with Crippen molar-refractivity contribution < 1.29 is 9.53 Å². The van der Waals surface area contributed by atoms with Crippen molar-refractivity contribution in [1.29, 1.82) is 0 Å². The topological polar surface area (TPSA) is 38.3 Å².